The summed E-state index contributed by atoms with van der Waals surface area (Å²) in [4.78, 5) is 53.4. The Bertz CT molecular complexity index is 3340. The molecule has 2 aromatic heterocycles. The van der Waals surface area contributed by atoms with E-state index in [1.54, 1.807) is 0 Å². The predicted octanol–water partition coefficient (Wildman–Crippen LogP) is -4.06. The van der Waals surface area contributed by atoms with Crippen LogP contribution in [0.1, 0.15) is 36.4 Å². The minimum absolute atomic E-state index is 0. The number of carbonyl (C=O) groups is 2. The van der Waals surface area contributed by atoms with Crippen molar-refractivity contribution in [2.45, 2.75) is 42.4 Å². The number of nitrogens with zero attached hydrogens (tertiary/aromatic N) is 6. The molecular formula is C36H28N8Na2O13S3. The summed E-state index contributed by atoms with van der Waals surface area (Å²) in [6.45, 7) is 5.76. The number of para-hydroxylation sites is 1. The summed E-state index contributed by atoms with van der Waals surface area (Å²) in [5, 5.41) is 15.5. The Hall–Kier alpha value is -4.83. The molecule has 0 atom stereocenters. The quantitative estimate of drug-likeness (QED) is 0.0721. The van der Waals surface area contributed by atoms with E-state index in [2.05, 4.69) is 20.4 Å². The molecule has 62 heavy (non-hydrogen) atoms. The van der Waals surface area contributed by atoms with Gasteiger partial charge in [-0.25, -0.2) is 26.2 Å². The summed E-state index contributed by atoms with van der Waals surface area (Å²) in [7, 11) is -14.9. The van der Waals surface area contributed by atoms with E-state index in [1.165, 1.54) is 70.2 Å². The topological polar surface area (TPSA) is 310 Å². The number of nitrogens with one attached hydrogen (secondary N) is 2. The number of hydrazone groups is 2. The normalized spacial score (nSPS) is 15.9. The molecule has 21 nitrogen and oxygen atoms in total. The molecule has 2 amide bonds. The standard InChI is InChI=1S/C36H30N8O13S3.2Na/c1-18-26(33(45)41(37-18)22-8-5-10-24(14-22)58(49,50)51)16-28-20(3)39-43(35(28)47)30-12-7-13-31(60(55,56)57)32(30)44-36(48)29(21(4)40-44)17-27-19(2)38-42(34(27)46)23-9-6-11-25(15-23)59(52,53)54;;/h5-17,39-40H,1-4H3,(H,49,50,51)(H,52,53,54)(H,55,56,57);;/q;2*+1/p-2. The van der Waals surface area contributed by atoms with Crippen LogP contribution in [0.25, 0.3) is 23.5 Å². The average Bonchev–Trinajstić information content (AvgIpc) is 3.83. The zero-order chi connectivity index (χ0) is 43.8. The van der Waals surface area contributed by atoms with Crippen molar-refractivity contribution in [3.63, 3.8) is 0 Å². The van der Waals surface area contributed by atoms with E-state index in [-0.39, 0.29) is 121 Å². The second-order valence-electron chi connectivity index (χ2n) is 13.3. The Morgan fingerprint density at radius 2 is 1.02 bits per heavy atom. The van der Waals surface area contributed by atoms with Crippen LogP contribution < -0.4 is 80.3 Å². The third-order valence-electron chi connectivity index (χ3n) is 9.36. The number of amides is 2. The largest absolute Gasteiger partial charge is 1.00 e. The zero-order valence-electron chi connectivity index (χ0n) is 33.3. The van der Waals surface area contributed by atoms with E-state index in [9.17, 15) is 58.1 Å². The van der Waals surface area contributed by atoms with Gasteiger partial charge in [0.1, 0.15) is 30.8 Å². The third-order valence-corrected chi connectivity index (χ3v) is 11.9. The summed E-state index contributed by atoms with van der Waals surface area (Å²) in [6.07, 6.45) is 2.36. The first-order valence-electron chi connectivity index (χ1n) is 17.1. The van der Waals surface area contributed by atoms with Gasteiger partial charge in [-0.1, -0.05) is 18.2 Å². The summed E-state index contributed by atoms with van der Waals surface area (Å²) in [6, 6.07) is 12.6. The number of rotatable bonds is 9. The monoisotopic (exact) mass is 922 g/mol. The Morgan fingerprint density at radius 1 is 0.613 bits per heavy atom. The number of hydrogen-bond acceptors (Lipinski definition) is 14. The average molecular weight is 923 g/mol. The van der Waals surface area contributed by atoms with Crippen molar-refractivity contribution in [3.05, 3.63) is 121 Å². The summed E-state index contributed by atoms with van der Waals surface area (Å²) >= 11 is 0. The molecule has 0 saturated heterocycles. The van der Waals surface area contributed by atoms with Crippen LogP contribution in [0.2, 0.25) is 0 Å². The molecule has 0 aliphatic carbocycles. The molecule has 0 fully saturated rings. The molecule has 26 heteroatoms. The molecule has 3 N–H and O–H groups in total. The maximum absolute atomic E-state index is 14.2. The smallest absolute Gasteiger partial charge is 0.744 e. The fourth-order valence-corrected chi connectivity index (χ4v) is 8.17. The van der Waals surface area contributed by atoms with E-state index in [4.69, 9.17) is 0 Å². The number of H-pyrrole nitrogens is 2. The molecule has 7 rings (SSSR count). The van der Waals surface area contributed by atoms with Gasteiger partial charge in [-0.3, -0.25) is 33.9 Å². The first-order valence-corrected chi connectivity index (χ1v) is 21.3. The fraction of sp³-hybridized carbons (Fsp3) is 0.111. The zero-order valence-corrected chi connectivity index (χ0v) is 39.7. The van der Waals surface area contributed by atoms with Crippen LogP contribution >= 0.6 is 0 Å². The molecule has 4 heterocycles. The number of hydrogen-bond donors (Lipinski definition) is 3. The van der Waals surface area contributed by atoms with Crippen LogP contribution in [0.4, 0.5) is 11.4 Å². The summed E-state index contributed by atoms with van der Waals surface area (Å²) in [5.41, 5.74) is -2.82. The van der Waals surface area contributed by atoms with Gasteiger partial charge < -0.3 is 9.11 Å². The van der Waals surface area contributed by atoms with Crippen LogP contribution in [0.3, 0.4) is 0 Å². The Labute approximate surface area is 395 Å². The van der Waals surface area contributed by atoms with Gasteiger partial charge in [0.05, 0.1) is 60.5 Å². The Balaban J connectivity index is 0.00000363. The van der Waals surface area contributed by atoms with Crippen LogP contribution in [0.5, 0.6) is 0 Å². The van der Waals surface area contributed by atoms with Gasteiger partial charge in [0.15, 0.2) is 0 Å². The van der Waals surface area contributed by atoms with E-state index in [0.29, 0.717) is 0 Å². The van der Waals surface area contributed by atoms with Crippen LogP contribution in [0, 0.1) is 13.8 Å². The summed E-state index contributed by atoms with van der Waals surface area (Å²) in [5.74, 6) is -1.58. The van der Waals surface area contributed by atoms with E-state index in [0.717, 1.165) is 55.8 Å². The predicted molar refractivity (Wildman–Crippen MR) is 212 cm³/mol. The van der Waals surface area contributed by atoms with Gasteiger partial charge in [0, 0.05) is 11.4 Å². The van der Waals surface area contributed by atoms with Crippen molar-refractivity contribution in [1.82, 2.24) is 19.6 Å². The number of carbonyl (C=O) groups excluding carboxylic acids is 2. The van der Waals surface area contributed by atoms with Gasteiger partial charge in [-0.05, 0) is 88.4 Å². The minimum atomic E-state index is -5.12. The molecule has 2 aliphatic rings. The van der Waals surface area contributed by atoms with Crippen molar-refractivity contribution in [2.75, 3.05) is 10.0 Å². The van der Waals surface area contributed by atoms with Crippen molar-refractivity contribution in [1.29, 1.82) is 0 Å². The van der Waals surface area contributed by atoms with Gasteiger partial charge in [0.25, 0.3) is 33.1 Å². The number of aromatic nitrogens is 4. The molecule has 0 spiro atoms. The molecule has 0 unspecified atom stereocenters. The Kier molecular flexibility index (Phi) is 13.5. The fourth-order valence-electron chi connectivity index (χ4n) is 6.46. The molecule has 0 saturated carbocycles. The van der Waals surface area contributed by atoms with Crippen LogP contribution in [0.15, 0.2) is 112 Å². The summed E-state index contributed by atoms with van der Waals surface area (Å²) < 4.78 is 107. The van der Waals surface area contributed by atoms with Crippen molar-refractivity contribution in [2.24, 2.45) is 10.2 Å². The first kappa shape index (κ1) is 48.2. The maximum Gasteiger partial charge on any atom is 1.00 e. The van der Waals surface area contributed by atoms with Crippen LogP contribution in [-0.2, 0) is 39.9 Å². The van der Waals surface area contributed by atoms with Crippen LogP contribution in [-0.4, -0.2) is 81.7 Å². The van der Waals surface area contributed by atoms with Gasteiger partial charge in [-0.15, -0.1) is 0 Å². The third kappa shape index (κ3) is 8.86. The first-order chi connectivity index (χ1) is 28.0. The molecule has 310 valence electrons. The number of benzene rings is 3. The SMILES string of the molecule is CC1=NN(c2cccc(S(=O)(=O)[O-])c2)C(=O)C1=Cc1c(C)[nH]n(-c2cccc(S(=O)(=O)O)c2-n2[nH]c(C)c(C=C3C(=O)N(c4cccc(S(=O)(=O)[O-])c4)N=C3C)c2=O)c1=O.[Na+].[Na+]. The van der Waals surface area contributed by atoms with Crippen molar-refractivity contribution in [3.8, 4) is 11.4 Å². The number of aryl methyl sites for hydroxylation is 2. The second-order valence-corrected chi connectivity index (χ2v) is 17.5. The number of aromatic amines is 2. The number of anilines is 2. The van der Waals surface area contributed by atoms with Gasteiger partial charge in [-0.2, -0.15) is 28.6 Å². The van der Waals surface area contributed by atoms with E-state index >= 15 is 0 Å². The van der Waals surface area contributed by atoms with Crippen molar-refractivity contribution < 1.29 is 108 Å². The molecule has 0 bridgehead atoms. The Morgan fingerprint density at radius 3 is 1.44 bits per heavy atom. The molecule has 2 aliphatic heterocycles. The van der Waals surface area contributed by atoms with E-state index < -0.39 is 73.7 Å². The molecule has 0 radical (unpaired) electrons. The molecule has 5 aromatic rings. The van der Waals surface area contributed by atoms with Gasteiger partial charge >= 0.3 is 59.1 Å². The van der Waals surface area contributed by atoms with Crippen molar-refractivity contribution >= 4 is 77.1 Å². The van der Waals surface area contributed by atoms with E-state index in [1.807, 2.05) is 0 Å². The second kappa shape index (κ2) is 17.4. The minimum Gasteiger partial charge on any atom is -0.744 e. The van der Waals surface area contributed by atoms with Gasteiger partial charge in [0.2, 0.25) is 0 Å². The maximum atomic E-state index is 14.2. The molecule has 3 aromatic carbocycles. The molecular weight excluding hydrogens is 895 g/mol.